The highest BCUT2D eigenvalue weighted by atomic mass is 16.5. The fraction of sp³-hybridized carbons (Fsp3) is 0.538. The third-order valence-corrected chi connectivity index (χ3v) is 2.72. The van der Waals surface area contributed by atoms with Gasteiger partial charge in [-0.15, -0.1) is 0 Å². The third kappa shape index (κ3) is 4.68. The van der Waals surface area contributed by atoms with Gasteiger partial charge in [0.2, 0.25) is 0 Å². The number of benzene rings is 1. The third-order valence-electron chi connectivity index (χ3n) is 2.72. The van der Waals surface area contributed by atoms with Crippen molar-refractivity contribution in [2.45, 2.75) is 12.2 Å². The SMILES string of the molecule is COc1ccc(OC)c(C(O)CNCC(O)CO)c1. The summed E-state index contributed by atoms with van der Waals surface area (Å²) in [4.78, 5) is 0. The van der Waals surface area contributed by atoms with Gasteiger partial charge in [0, 0.05) is 18.7 Å². The first-order chi connectivity index (χ1) is 9.12. The molecule has 1 rings (SSSR count). The van der Waals surface area contributed by atoms with Gasteiger partial charge in [0.1, 0.15) is 11.5 Å². The van der Waals surface area contributed by atoms with Crippen LogP contribution >= 0.6 is 0 Å². The van der Waals surface area contributed by atoms with Gasteiger partial charge in [0.05, 0.1) is 33.0 Å². The molecule has 0 aromatic heterocycles. The van der Waals surface area contributed by atoms with Crippen molar-refractivity contribution in [3.05, 3.63) is 23.8 Å². The summed E-state index contributed by atoms with van der Waals surface area (Å²) < 4.78 is 10.3. The van der Waals surface area contributed by atoms with E-state index in [9.17, 15) is 10.2 Å². The van der Waals surface area contributed by atoms with E-state index in [2.05, 4.69) is 5.32 Å². The van der Waals surface area contributed by atoms with Crippen molar-refractivity contribution in [3.63, 3.8) is 0 Å². The van der Waals surface area contributed by atoms with Crippen molar-refractivity contribution in [3.8, 4) is 11.5 Å². The lowest BCUT2D eigenvalue weighted by atomic mass is 10.1. The monoisotopic (exact) mass is 271 g/mol. The zero-order valence-electron chi connectivity index (χ0n) is 11.2. The molecule has 0 bridgehead atoms. The minimum absolute atomic E-state index is 0.208. The Hall–Kier alpha value is -1.34. The van der Waals surface area contributed by atoms with Crippen LogP contribution < -0.4 is 14.8 Å². The summed E-state index contributed by atoms with van der Waals surface area (Å²) in [5.41, 5.74) is 0.604. The number of ether oxygens (including phenoxy) is 2. The van der Waals surface area contributed by atoms with Crippen LogP contribution in [0, 0.1) is 0 Å². The summed E-state index contributed by atoms with van der Waals surface area (Å²) >= 11 is 0. The highest BCUT2D eigenvalue weighted by Gasteiger charge is 2.14. The molecular weight excluding hydrogens is 250 g/mol. The number of methoxy groups -OCH3 is 2. The highest BCUT2D eigenvalue weighted by Crippen LogP contribution is 2.28. The van der Waals surface area contributed by atoms with Gasteiger partial charge in [-0.2, -0.15) is 0 Å². The van der Waals surface area contributed by atoms with Gasteiger partial charge in [0.15, 0.2) is 0 Å². The molecule has 0 aliphatic carbocycles. The van der Waals surface area contributed by atoms with Crippen LogP contribution in [0.3, 0.4) is 0 Å². The first-order valence-corrected chi connectivity index (χ1v) is 6.02. The van der Waals surface area contributed by atoms with Crippen LogP contribution in [0.2, 0.25) is 0 Å². The molecule has 108 valence electrons. The van der Waals surface area contributed by atoms with Crippen molar-refractivity contribution in [1.29, 1.82) is 0 Å². The molecule has 0 radical (unpaired) electrons. The average Bonchev–Trinajstić information content (AvgIpc) is 2.45. The van der Waals surface area contributed by atoms with Gasteiger partial charge in [-0.05, 0) is 18.2 Å². The van der Waals surface area contributed by atoms with Crippen LogP contribution in [-0.2, 0) is 0 Å². The van der Waals surface area contributed by atoms with E-state index in [1.807, 2.05) is 0 Å². The molecule has 0 aliphatic heterocycles. The standard InChI is InChI=1S/C13H21NO5/c1-18-10-3-4-13(19-2)11(5-10)12(17)7-14-6-9(16)8-15/h3-5,9,12,14-17H,6-8H2,1-2H3. The van der Waals surface area contributed by atoms with Crippen molar-refractivity contribution < 1.29 is 24.8 Å². The predicted octanol–water partition coefficient (Wildman–Crippen LogP) is -0.320. The van der Waals surface area contributed by atoms with Gasteiger partial charge in [-0.25, -0.2) is 0 Å². The van der Waals surface area contributed by atoms with Gasteiger partial charge >= 0.3 is 0 Å². The fourth-order valence-corrected chi connectivity index (χ4v) is 1.66. The second-order valence-corrected chi connectivity index (χ2v) is 4.12. The van der Waals surface area contributed by atoms with Crippen molar-refractivity contribution >= 4 is 0 Å². The Morgan fingerprint density at radius 2 is 1.89 bits per heavy atom. The second-order valence-electron chi connectivity index (χ2n) is 4.12. The molecule has 0 heterocycles. The molecule has 0 spiro atoms. The normalized spacial score (nSPS) is 13.9. The Kier molecular flexibility index (Phi) is 6.58. The molecule has 0 saturated heterocycles. The highest BCUT2D eigenvalue weighted by molar-refractivity contribution is 5.41. The van der Waals surface area contributed by atoms with E-state index in [-0.39, 0.29) is 19.7 Å². The molecule has 6 heteroatoms. The largest absolute Gasteiger partial charge is 0.497 e. The Balaban J connectivity index is 2.66. The van der Waals surface area contributed by atoms with Gasteiger partial charge in [0.25, 0.3) is 0 Å². The van der Waals surface area contributed by atoms with E-state index < -0.39 is 12.2 Å². The number of rotatable bonds is 8. The molecule has 0 aliphatic rings. The lowest BCUT2D eigenvalue weighted by Crippen LogP contribution is -2.32. The number of aliphatic hydroxyl groups is 3. The number of hydrogen-bond donors (Lipinski definition) is 4. The minimum atomic E-state index is -0.834. The van der Waals surface area contributed by atoms with E-state index in [0.29, 0.717) is 17.1 Å². The number of aliphatic hydroxyl groups excluding tert-OH is 3. The first kappa shape index (κ1) is 15.7. The van der Waals surface area contributed by atoms with E-state index in [0.717, 1.165) is 0 Å². The molecule has 0 amide bonds. The smallest absolute Gasteiger partial charge is 0.124 e. The molecule has 19 heavy (non-hydrogen) atoms. The number of nitrogens with one attached hydrogen (secondary N) is 1. The van der Waals surface area contributed by atoms with Crippen LogP contribution in [0.5, 0.6) is 11.5 Å². The zero-order valence-corrected chi connectivity index (χ0v) is 11.2. The summed E-state index contributed by atoms with van der Waals surface area (Å²) in [5, 5.41) is 30.8. The maximum Gasteiger partial charge on any atom is 0.124 e. The van der Waals surface area contributed by atoms with E-state index >= 15 is 0 Å². The Morgan fingerprint density at radius 1 is 1.16 bits per heavy atom. The van der Waals surface area contributed by atoms with Gasteiger partial charge < -0.3 is 30.1 Å². The van der Waals surface area contributed by atoms with Crippen molar-refractivity contribution in [2.75, 3.05) is 33.9 Å². The summed E-state index contributed by atoms with van der Waals surface area (Å²) in [6, 6.07) is 5.17. The Bertz CT molecular complexity index is 385. The molecule has 1 aromatic carbocycles. The fourth-order valence-electron chi connectivity index (χ4n) is 1.66. The summed E-state index contributed by atoms with van der Waals surface area (Å²) in [6.07, 6.45) is -1.63. The topological polar surface area (TPSA) is 91.2 Å². The predicted molar refractivity (Wildman–Crippen MR) is 70.5 cm³/mol. The quantitative estimate of drug-likeness (QED) is 0.518. The lowest BCUT2D eigenvalue weighted by Gasteiger charge is -2.17. The Morgan fingerprint density at radius 3 is 2.47 bits per heavy atom. The number of hydrogen-bond acceptors (Lipinski definition) is 6. The van der Waals surface area contributed by atoms with Crippen LogP contribution in [0.25, 0.3) is 0 Å². The molecule has 1 aromatic rings. The van der Waals surface area contributed by atoms with E-state index in [1.54, 1.807) is 25.3 Å². The summed E-state index contributed by atoms with van der Waals surface area (Å²) in [6.45, 7) is 0.131. The Labute approximate surface area is 112 Å². The maximum atomic E-state index is 10.1. The lowest BCUT2D eigenvalue weighted by molar-refractivity contribution is 0.0888. The van der Waals surface area contributed by atoms with E-state index in [4.69, 9.17) is 14.6 Å². The molecule has 0 fully saturated rings. The molecular formula is C13H21NO5. The van der Waals surface area contributed by atoms with Crippen molar-refractivity contribution in [2.24, 2.45) is 0 Å². The van der Waals surface area contributed by atoms with Crippen LogP contribution in [0.15, 0.2) is 18.2 Å². The minimum Gasteiger partial charge on any atom is -0.497 e. The molecule has 4 N–H and O–H groups in total. The van der Waals surface area contributed by atoms with Gasteiger partial charge in [-0.1, -0.05) is 0 Å². The average molecular weight is 271 g/mol. The van der Waals surface area contributed by atoms with Gasteiger partial charge in [-0.3, -0.25) is 0 Å². The molecule has 6 nitrogen and oxygen atoms in total. The molecule has 2 atom stereocenters. The van der Waals surface area contributed by atoms with Crippen LogP contribution in [0.4, 0.5) is 0 Å². The van der Waals surface area contributed by atoms with Crippen LogP contribution in [0.1, 0.15) is 11.7 Å². The second kappa shape index (κ2) is 7.96. The molecule has 0 saturated carbocycles. The zero-order chi connectivity index (χ0) is 14.3. The maximum absolute atomic E-state index is 10.1. The first-order valence-electron chi connectivity index (χ1n) is 6.02. The summed E-state index contributed by atoms with van der Waals surface area (Å²) in [5.74, 6) is 1.20. The van der Waals surface area contributed by atoms with E-state index in [1.165, 1.54) is 7.11 Å². The van der Waals surface area contributed by atoms with Crippen molar-refractivity contribution in [1.82, 2.24) is 5.32 Å². The van der Waals surface area contributed by atoms with Crippen LogP contribution in [-0.4, -0.2) is 55.3 Å². The summed E-state index contributed by atoms with van der Waals surface area (Å²) in [7, 11) is 3.08. The molecule has 2 unspecified atom stereocenters.